The monoisotopic (exact) mass is 298 g/mol. The van der Waals surface area contributed by atoms with E-state index in [0.717, 1.165) is 0 Å². The van der Waals surface area contributed by atoms with E-state index in [0.29, 0.717) is 24.3 Å². The zero-order chi connectivity index (χ0) is 14.8. The highest BCUT2D eigenvalue weighted by Gasteiger charge is 2.10. The number of carbonyl (C=O) groups excluding carboxylic acids is 2. The average molecular weight is 298 g/mol. The fourth-order valence-electron chi connectivity index (χ4n) is 1.34. The number of hydrogen-bond acceptors (Lipinski definition) is 6. The van der Waals surface area contributed by atoms with E-state index in [1.807, 2.05) is 0 Å². The Hall–Kier alpha value is -1.92. The van der Waals surface area contributed by atoms with Crippen molar-refractivity contribution in [3.8, 4) is 0 Å². The predicted octanol–water partition coefficient (Wildman–Crippen LogP) is 1.93. The van der Waals surface area contributed by atoms with Gasteiger partial charge < -0.3 is 18.9 Å². The lowest BCUT2D eigenvalue weighted by atomic mass is 10.1. The SMILES string of the molecule is C.COCCOC(=O)c1ccc(C(=O)OCCOC)cc1. The van der Waals surface area contributed by atoms with Gasteiger partial charge in [-0.25, -0.2) is 9.59 Å². The molecule has 6 heteroatoms. The Morgan fingerprint density at radius 2 is 1.10 bits per heavy atom. The second kappa shape index (κ2) is 10.8. The highest BCUT2D eigenvalue weighted by molar-refractivity contribution is 5.93. The normalized spacial score (nSPS) is 9.62. The first-order chi connectivity index (χ1) is 9.69. The smallest absolute Gasteiger partial charge is 0.338 e. The van der Waals surface area contributed by atoms with Crippen molar-refractivity contribution < 1.29 is 28.5 Å². The minimum absolute atomic E-state index is 0. The van der Waals surface area contributed by atoms with Crippen LogP contribution < -0.4 is 0 Å². The molecular formula is C15H22O6. The number of hydrogen-bond donors (Lipinski definition) is 0. The first kappa shape index (κ1) is 19.1. The van der Waals surface area contributed by atoms with Crippen LogP contribution in [0.2, 0.25) is 0 Å². The number of rotatable bonds is 8. The summed E-state index contributed by atoms with van der Waals surface area (Å²) in [6.07, 6.45) is 0. The molecular weight excluding hydrogens is 276 g/mol. The Balaban J connectivity index is 0.00000400. The molecule has 6 nitrogen and oxygen atoms in total. The Labute approximate surface area is 124 Å². The molecule has 0 unspecified atom stereocenters. The lowest BCUT2D eigenvalue weighted by Gasteiger charge is -2.06. The van der Waals surface area contributed by atoms with Crippen LogP contribution in [0, 0.1) is 0 Å². The van der Waals surface area contributed by atoms with Crippen LogP contribution in [-0.2, 0) is 18.9 Å². The molecule has 0 aromatic heterocycles. The molecule has 0 aliphatic heterocycles. The molecule has 0 saturated heterocycles. The molecule has 0 saturated carbocycles. The van der Waals surface area contributed by atoms with E-state index in [9.17, 15) is 9.59 Å². The second-order valence-corrected chi connectivity index (χ2v) is 3.83. The summed E-state index contributed by atoms with van der Waals surface area (Å²) < 4.78 is 19.5. The summed E-state index contributed by atoms with van der Waals surface area (Å²) >= 11 is 0. The van der Waals surface area contributed by atoms with Crippen LogP contribution in [0.15, 0.2) is 24.3 Å². The van der Waals surface area contributed by atoms with Crippen molar-refractivity contribution in [2.45, 2.75) is 7.43 Å². The van der Waals surface area contributed by atoms with Crippen molar-refractivity contribution in [2.75, 3.05) is 40.6 Å². The maximum absolute atomic E-state index is 11.6. The van der Waals surface area contributed by atoms with Gasteiger partial charge in [0.25, 0.3) is 0 Å². The van der Waals surface area contributed by atoms with Crippen LogP contribution in [0.3, 0.4) is 0 Å². The Morgan fingerprint density at radius 3 is 1.38 bits per heavy atom. The van der Waals surface area contributed by atoms with Crippen LogP contribution in [0.4, 0.5) is 0 Å². The summed E-state index contributed by atoms with van der Waals surface area (Å²) in [5.74, 6) is -0.914. The first-order valence-electron chi connectivity index (χ1n) is 6.11. The highest BCUT2D eigenvalue weighted by Crippen LogP contribution is 2.07. The quantitative estimate of drug-likeness (QED) is 0.539. The van der Waals surface area contributed by atoms with E-state index in [4.69, 9.17) is 18.9 Å². The summed E-state index contributed by atoms with van der Waals surface area (Å²) in [7, 11) is 3.05. The molecule has 0 amide bonds. The van der Waals surface area contributed by atoms with Crippen LogP contribution in [-0.4, -0.2) is 52.6 Å². The molecule has 0 bridgehead atoms. The van der Waals surface area contributed by atoms with Gasteiger partial charge in [-0.1, -0.05) is 7.43 Å². The molecule has 0 fully saturated rings. The van der Waals surface area contributed by atoms with E-state index in [1.165, 1.54) is 38.5 Å². The van der Waals surface area contributed by atoms with Gasteiger partial charge in [0, 0.05) is 14.2 Å². The number of esters is 2. The van der Waals surface area contributed by atoms with Crippen LogP contribution >= 0.6 is 0 Å². The maximum atomic E-state index is 11.6. The largest absolute Gasteiger partial charge is 0.460 e. The van der Waals surface area contributed by atoms with Crippen LogP contribution in [0.5, 0.6) is 0 Å². The topological polar surface area (TPSA) is 71.1 Å². The highest BCUT2D eigenvalue weighted by atomic mass is 16.6. The maximum Gasteiger partial charge on any atom is 0.338 e. The van der Waals surface area contributed by atoms with Crippen molar-refractivity contribution in [2.24, 2.45) is 0 Å². The Kier molecular flexibility index (Phi) is 9.83. The van der Waals surface area contributed by atoms with Gasteiger partial charge in [0.15, 0.2) is 0 Å². The van der Waals surface area contributed by atoms with Gasteiger partial charge in [0.1, 0.15) is 13.2 Å². The van der Waals surface area contributed by atoms with Gasteiger partial charge in [-0.15, -0.1) is 0 Å². The molecule has 0 spiro atoms. The van der Waals surface area contributed by atoms with Crippen LogP contribution in [0.25, 0.3) is 0 Å². The summed E-state index contributed by atoms with van der Waals surface area (Å²) in [6.45, 7) is 1.07. The Morgan fingerprint density at radius 1 is 0.762 bits per heavy atom. The summed E-state index contributed by atoms with van der Waals surface area (Å²) in [5, 5.41) is 0. The van der Waals surface area contributed by atoms with Crippen LogP contribution in [0.1, 0.15) is 28.1 Å². The fraction of sp³-hybridized carbons (Fsp3) is 0.467. The zero-order valence-corrected chi connectivity index (χ0v) is 11.6. The second-order valence-electron chi connectivity index (χ2n) is 3.83. The van der Waals surface area contributed by atoms with Crippen molar-refractivity contribution >= 4 is 11.9 Å². The van der Waals surface area contributed by atoms with E-state index >= 15 is 0 Å². The van der Waals surface area contributed by atoms with E-state index in [-0.39, 0.29) is 20.6 Å². The van der Waals surface area contributed by atoms with E-state index in [2.05, 4.69) is 0 Å². The molecule has 0 aliphatic rings. The van der Waals surface area contributed by atoms with Crippen molar-refractivity contribution in [1.82, 2.24) is 0 Å². The third-order valence-corrected chi connectivity index (χ3v) is 2.40. The lowest BCUT2D eigenvalue weighted by molar-refractivity contribution is 0.0376. The fourth-order valence-corrected chi connectivity index (χ4v) is 1.34. The zero-order valence-electron chi connectivity index (χ0n) is 11.6. The molecule has 21 heavy (non-hydrogen) atoms. The molecule has 0 radical (unpaired) electrons. The summed E-state index contributed by atoms with van der Waals surface area (Å²) in [5.41, 5.74) is 0.740. The average Bonchev–Trinajstić information content (AvgIpc) is 2.47. The molecule has 1 aromatic carbocycles. The van der Waals surface area contributed by atoms with Crippen molar-refractivity contribution in [3.05, 3.63) is 35.4 Å². The van der Waals surface area contributed by atoms with Gasteiger partial charge in [-0.2, -0.15) is 0 Å². The summed E-state index contributed by atoms with van der Waals surface area (Å²) in [6, 6.07) is 6.06. The van der Waals surface area contributed by atoms with Gasteiger partial charge in [0.2, 0.25) is 0 Å². The number of carbonyl (C=O) groups is 2. The van der Waals surface area contributed by atoms with Gasteiger partial charge in [0.05, 0.1) is 24.3 Å². The predicted molar refractivity (Wildman–Crippen MR) is 77.5 cm³/mol. The van der Waals surface area contributed by atoms with E-state index < -0.39 is 11.9 Å². The molecule has 0 aliphatic carbocycles. The number of ether oxygens (including phenoxy) is 4. The van der Waals surface area contributed by atoms with Crippen molar-refractivity contribution in [1.29, 1.82) is 0 Å². The molecule has 1 aromatic rings. The standard InChI is InChI=1S/C14H18O6.CH4/c1-17-7-9-19-13(15)11-3-5-12(6-4-11)14(16)20-10-8-18-2;/h3-6H,7-10H2,1-2H3;1H4. The van der Waals surface area contributed by atoms with Crippen molar-refractivity contribution in [3.63, 3.8) is 0 Å². The molecule has 0 N–H and O–H groups in total. The third-order valence-electron chi connectivity index (χ3n) is 2.40. The third kappa shape index (κ3) is 6.87. The Bertz CT molecular complexity index is 385. The molecule has 118 valence electrons. The minimum atomic E-state index is -0.457. The lowest BCUT2D eigenvalue weighted by Crippen LogP contribution is -2.12. The molecule has 1 rings (SSSR count). The first-order valence-corrected chi connectivity index (χ1v) is 6.11. The summed E-state index contributed by atoms with van der Waals surface area (Å²) in [4.78, 5) is 23.2. The molecule has 0 atom stereocenters. The minimum Gasteiger partial charge on any atom is -0.460 e. The van der Waals surface area contributed by atoms with Gasteiger partial charge in [-0.05, 0) is 24.3 Å². The molecule has 0 heterocycles. The van der Waals surface area contributed by atoms with E-state index in [1.54, 1.807) is 0 Å². The van der Waals surface area contributed by atoms with Gasteiger partial charge in [-0.3, -0.25) is 0 Å². The number of benzene rings is 1. The number of methoxy groups -OCH3 is 2. The van der Waals surface area contributed by atoms with Gasteiger partial charge >= 0.3 is 11.9 Å².